The SMILES string of the molecule is CCCCCCCCCCCCOC(CN)COCc1ccccc1.Cl. The van der Waals surface area contributed by atoms with Crippen molar-refractivity contribution in [2.75, 3.05) is 19.8 Å². The minimum absolute atomic E-state index is 0. The molecule has 152 valence electrons. The first kappa shape index (κ1) is 25.4. The van der Waals surface area contributed by atoms with Gasteiger partial charge in [0, 0.05) is 13.2 Å². The maximum Gasteiger partial charge on any atom is 0.0930 e. The highest BCUT2D eigenvalue weighted by molar-refractivity contribution is 5.85. The van der Waals surface area contributed by atoms with Crippen LogP contribution < -0.4 is 5.73 Å². The zero-order valence-electron chi connectivity index (χ0n) is 16.7. The molecule has 0 aliphatic carbocycles. The van der Waals surface area contributed by atoms with E-state index in [0.29, 0.717) is 19.8 Å². The van der Waals surface area contributed by atoms with E-state index in [4.69, 9.17) is 15.2 Å². The summed E-state index contributed by atoms with van der Waals surface area (Å²) in [5.41, 5.74) is 6.97. The zero-order valence-corrected chi connectivity index (χ0v) is 17.5. The largest absolute Gasteiger partial charge is 0.374 e. The standard InChI is InChI=1S/C22H39NO2.ClH/c1-2-3-4-5-6-7-8-9-10-14-17-25-22(18-23)20-24-19-21-15-12-11-13-16-21;/h11-13,15-16,22H,2-10,14,17-20,23H2,1H3;1H. The van der Waals surface area contributed by atoms with Gasteiger partial charge in [0.25, 0.3) is 0 Å². The summed E-state index contributed by atoms with van der Waals surface area (Å²) < 4.78 is 11.6. The van der Waals surface area contributed by atoms with Crippen LogP contribution in [-0.4, -0.2) is 25.9 Å². The predicted octanol–water partition coefficient (Wildman–Crippen LogP) is 5.89. The molecule has 0 fully saturated rings. The second kappa shape index (κ2) is 19.2. The molecule has 0 amide bonds. The van der Waals surface area contributed by atoms with Crippen LogP contribution in [0.5, 0.6) is 0 Å². The first-order valence-electron chi connectivity index (χ1n) is 10.3. The molecule has 1 unspecified atom stereocenters. The van der Waals surface area contributed by atoms with E-state index >= 15 is 0 Å². The molecular formula is C22H40ClNO2. The van der Waals surface area contributed by atoms with Gasteiger partial charge in [-0.05, 0) is 12.0 Å². The van der Waals surface area contributed by atoms with Gasteiger partial charge in [-0.25, -0.2) is 0 Å². The van der Waals surface area contributed by atoms with Crippen LogP contribution in [0.2, 0.25) is 0 Å². The van der Waals surface area contributed by atoms with Crippen LogP contribution in [0.4, 0.5) is 0 Å². The normalized spacial score (nSPS) is 11.9. The second-order valence-electron chi connectivity index (χ2n) is 6.91. The summed E-state index contributed by atoms with van der Waals surface area (Å²) in [6.07, 6.45) is 13.5. The predicted molar refractivity (Wildman–Crippen MR) is 114 cm³/mol. The fourth-order valence-corrected chi connectivity index (χ4v) is 2.91. The summed E-state index contributed by atoms with van der Waals surface area (Å²) in [5, 5.41) is 0. The van der Waals surface area contributed by atoms with Gasteiger partial charge in [0.1, 0.15) is 0 Å². The Morgan fingerprint density at radius 1 is 0.846 bits per heavy atom. The molecule has 0 radical (unpaired) electrons. The van der Waals surface area contributed by atoms with Gasteiger partial charge in [-0.2, -0.15) is 0 Å². The Balaban J connectivity index is 0.00000625. The van der Waals surface area contributed by atoms with Crippen molar-refractivity contribution in [3.05, 3.63) is 35.9 Å². The van der Waals surface area contributed by atoms with E-state index in [-0.39, 0.29) is 18.5 Å². The van der Waals surface area contributed by atoms with Crippen LogP contribution >= 0.6 is 12.4 Å². The molecule has 26 heavy (non-hydrogen) atoms. The molecule has 0 saturated heterocycles. The quantitative estimate of drug-likeness (QED) is 0.340. The van der Waals surface area contributed by atoms with Gasteiger partial charge in [0.05, 0.1) is 19.3 Å². The molecule has 0 saturated carbocycles. The fourth-order valence-electron chi connectivity index (χ4n) is 2.91. The van der Waals surface area contributed by atoms with Crippen LogP contribution in [0.3, 0.4) is 0 Å². The Bertz CT molecular complexity index is 389. The molecule has 2 N–H and O–H groups in total. The monoisotopic (exact) mass is 385 g/mol. The average molecular weight is 386 g/mol. The van der Waals surface area contributed by atoms with Gasteiger partial charge in [-0.3, -0.25) is 0 Å². The van der Waals surface area contributed by atoms with Gasteiger partial charge in [0.2, 0.25) is 0 Å². The van der Waals surface area contributed by atoms with E-state index in [2.05, 4.69) is 19.1 Å². The molecule has 0 aliphatic rings. The van der Waals surface area contributed by atoms with Crippen molar-refractivity contribution in [3.63, 3.8) is 0 Å². The van der Waals surface area contributed by atoms with Gasteiger partial charge in [0.15, 0.2) is 0 Å². The summed E-state index contributed by atoms with van der Waals surface area (Å²) in [6, 6.07) is 10.2. The van der Waals surface area contributed by atoms with E-state index in [9.17, 15) is 0 Å². The summed E-state index contributed by atoms with van der Waals surface area (Å²) in [4.78, 5) is 0. The molecule has 4 heteroatoms. The Labute approximate surface area is 167 Å². The number of halogens is 1. The van der Waals surface area contributed by atoms with Crippen molar-refractivity contribution in [2.24, 2.45) is 5.73 Å². The zero-order chi connectivity index (χ0) is 18.0. The highest BCUT2D eigenvalue weighted by Crippen LogP contribution is 2.10. The topological polar surface area (TPSA) is 44.5 Å². The number of unbranched alkanes of at least 4 members (excludes halogenated alkanes) is 9. The lowest BCUT2D eigenvalue weighted by atomic mass is 10.1. The molecular weight excluding hydrogens is 346 g/mol. The van der Waals surface area contributed by atoms with Crippen molar-refractivity contribution in [2.45, 2.75) is 83.8 Å². The lowest BCUT2D eigenvalue weighted by Gasteiger charge is -2.16. The lowest BCUT2D eigenvalue weighted by Crippen LogP contribution is -2.29. The van der Waals surface area contributed by atoms with E-state index in [1.807, 2.05) is 18.2 Å². The molecule has 0 spiro atoms. The molecule has 3 nitrogen and oxygen atoms in total. The van der Waals surface area contributed by atoms with Crippen LogP contribution in [0.15, 0.2) is 30.3 Å². The summed E-state index contributed by atoms with van der Waals surface area (Å²) in [6.45, 7) is 4.79. The molecule has 1 aromatic rings. The molecule has 1 atom stereocenters. The van der Waals surface area contributed by atoms with Crippen molar-refractivity contribution < 1.29 is 9.47 Å². The van der Waals surface area contributed by atoms with Crippen LogP contribution in [0, 0.1) is 0 Å². The number of ether oxygens (including phenoxy) is 2. The Kier molecular flexibility index (Phi) is 18.7. The number of hydrogen-bond acceptors (Lipinski definition) is 3. The Hall–Kier alpha value is -0.610. The first-order chi connectivity index (χ1) is 12.4. The summed E-state index contributed by atoms with van der Waals surface area (Å²) >= 11 is 0. The first-order valence-corrected chi connectivity index (χ1v) is 10.3. The van der Waals surface area contributed by atoms with Crippen molar-refractivity contribution in [1.29, 1.82) is 0 Å². The minimum Gasteiger partial charge on any atom is -0.374 e. The van der Waals surface area contributed by atoms with E-state index in [0.717, 1.165) is 13.0 Å². The highest BCUT2D eigenvalue weighted by Gasteiger charge is 2.07. The molecule has 0 bridgehead atoms. The summed E-state index contributed by atoms with van der Waals surface area (Å²) in [5.74, 6) is 0. The van der Waals surface area contributed by atoms with Crippen LogP contribution in [0.1, 0.15) is 76.7 Å². The highest BCUT2D eigenvalue weighted by atomic mass is 35.5. The number of nitrogens with two attached hydrogens (primary N) is 1. The third kappa shape index (κ3) is 14.5. The van der Waals surface area contributed by atoms with Gasteiger partial charge >= 0.3 is 0 Å². The minimum atomic E-state index is 0. The second-order valence-corrected chi connectivity index (χ2v) is 6.91. The number of hydrogen-bond donors (Lipinski definition) is 1. The number of rotatable bonds is 17. The summed E-state index contributed by atoms with van der Waals surface area (Å²) in [7, 11) is 0. The van der Waals surface area contributed by atoms with Crippen molar-refractivity contribution in [1.82, 2.24) is 0 Å². The molecule has 0 aromatic heterocycles. The van der Waals surface area contributed by atoms with Gasteiger partial charge in [-0.15, -0.1) is 12.4 Å². The fraction of sp³-hybridized carbons (Fsp3) is 0.727. The van der Waals surface area contributed by atoms with E-state index in [1.54, 1.807) is 0 Å². The Morgan fingerprint density at radius 2 is 1.42 bits per heavy atom. The van der Waals surface area contributed by atoms with E-state index < -0.39 is 0 Å². The third-order valence-electron chi connectivity index (χ3n) is 4.53. The van der Waals surface area contributed by atoms with Crippen LogP contribution in [-0.2, 0) is 16.1 Å². The maximum atomic E-state index is 5.85. The van der Waals surface area contributed by atoms with Crippen molar-refractivity contribution in [3.8, 4) is 0 Å². The molecule has 1 aromatic carbocycles. The lowest BCUT2D eigenvalue weighted by molar-refractivity contribution is -0.0179. The smallest absolute Gasteiger partial charge is 0.0930 e. The maximum absolute atomic E-state index is 5.85. The van der Waals surface area contributed by atoms with E-state index in [1.165, 1.54) is 63.4 Å². The third-order valence-corrected chi connectivity index (χ3v) is 4.53. The molecule has 0 heterocycles. The average Bonchev–Trinajstić information content (AvgIpc) is 2.65. The molecule has 0 aliphatic heterocycles. The number of benzene rings is 1. The van der Waals surface area contributed by atoms with Crippen molar-refractivity contribution >= 4 is 12.4 Å². The molecule has 1 rings (SSSR count). The van der Waals surface area contributed by atoms with Gasteiger partial charge < -0.3 is 15.2 Å². The Morgan fingerprint density at radius 3 is 2.00 bits per heavy atom. The van der Waals surface area contributed by atoms with Gasteiger partial charge in [-0.1, -0.05) is 95.0 Å². The van der Waals surface area contributed by atoms with Crippen LogP contribution in [0.25, 0.3) is 0 Å².